The maximum Gasteiger partial charge on any atom is 0.282 e. The molecule has 0 atom stereocenters. The van der Waals surface area contributed by atoms with E-state index in [4.69, 9.17) is 4.74 Å². The van der Waals surface area contributed by atoms with Crippen molar-refractivity contribution in [3.8, 4) is 0 Å². The average molecular weight is 264 g/mol. The Labute approximate surface area is 110 Å². The van der Waals surface area contributed by atoms with Crippen molar-refractivity contribution in [2.24, 2.45) is 5.41 Å². The Morgan fingerprint density at radius 2 is 2.21 bits per heavy atom. The van der Waals surface area contributed by atoms with E-state index in [1.165, 1.54) is 6.07 Å². The molecule has 1 N–H and O–H groups in total. The van der Waals surface area contributed by atoms with Crippen LogP contribution in [0.5, 0.6) is 0 Å². The van der Waals surface area contributed by atoms with Crippen molar-refractivity contribution in [1.29, 1.82) is 0 Å². The van der Waals surface area contributed by atoms with Crippen LogP contribution in [0.1, 0.15) is 22.8 Å². The highest BCUT2D eigenvalue weighted by Crippen LogP contribution is 2.26. The molecular weight excluding hydrogens is 248 g/mol. The van der Waals surface area contributed by atoms with Gasteiger partial charge >= 0.3 is 0 Å². The Morgan fingerprint density at radius 1 is 1.53 bits per heavy atom. The van der Waals surface area contributed by atoms with Gasteiger partial charge in [0.15, 0.2) is 0 Å². The number of ether oxygens (including phenoxy) is 1. The third-order valence-electron chi connectivity index (χ3n) is 3.25. The second kappa shape index (κ2) is 4.97. The molecule has 0 spiro atoms. The minimum absolute atomic E-state index is 0.0624. The van der Waals surface area contributed by atoms with Gasteiger partial charge in [-0.25, -0.2) is 0 Å². The monoisotopic (exact) mass is 264 g/mol. The van der Waals surface area contributed by atoms with E-state index in [2.05, 4.69) is 5.32 Å². The summed E-state index contributed by atoms with van der Waals surface area (Å²) in [4.78, 5) is 22.5. The maximum absolute atomic E-state index is 12.1. The first-order valence-corrected chi connectivity index (χ1v) is 6.03. The quantitative estimate of drug-likeness (QED) is 0.662. The summed E-state index contributed by atoms with van der Waals surface area (Å²) in [6.07, 6.45) is 0. The van der Waals surface area contributed by atoms with Crippen molar-refractivity contribution >= 4 is 11.6 Å². The van der Waals surface area contributed by atoms with Crippen LogP contribution in [0.2, 0.25) is 0 Å². The highest BCUT2D eigenvalue weighted by atomic mass is 16.6. The number of carbonyl (C=O) groups is 1. The van der Waals surface area contributed by atoms with E-state index < -0.39 is 10.8 Å². The van der Waals surface area contributed by atoms with Crippen LogP contribution in [0, 0.1) is 22.5 Å². The number of amides is 1. The van der Waals surface area contributed by atoms with Crippen molar-refractivity contribution in [1.82, 2.24) is 5.32 Å². The number of aryl methyl sites for hydroxylation is 1. The number of carbonyl (C=O) groups excluding carboxylic acids is 1. The first-order chi connectivity index (χ1) is 8.93. The molecule has 102 valence electrons. The van der Waals surface area contributed by atoms with E-state index in [0.717, 1.165) is 0 Å². The van der Waals surface area contributed by atoms with Crippen molar-refractivity contribution in [3.05, 3.63) is 39.4 Å². The molecular formula is C13H16N2O4. The number of rotatable bonds is 4. The Hall–Kier alpha value is -1.95. The van der Waals surface area contributed by atoms with Gasteiger partial charge in [0.1, 0.15) is 5.56 Å². The Bertz CT molecular complexity index is 523. The van der Waals surface area contributed by atoms with Crippen LogP contribution in [0.3, 0.4) is 0 Å². The first kappa shape index (κ1) is 13.5. The maximum atomic E-state index is 12.1. The zero-order valence-corrected chi connectivity index (χ0v) is 10.9. The summed E-state index contributed by atoms with van der Waals surface area (Å²) >= 11 is 0. The number of hydrogen-bond donors (Lipinski definition) is 1. The third-order valence-corrected chi connectivity index (χ3v) is 3.25. The lowest BCUT2D eigenvalue weighted by Gasteiger charge is -2.38. The van der Waals surface area contributed by atoms with Crippen molar-refractivity contribution < 1.29 is 14.5 Å². The largest absolute Gasteiger partial charge is 0.380 e. The molecule has 0 bridgehead atoms. The van der Waals surface area contributed by atoms with Crippen LogP contribution in [-0.2, 0) is 4.74 Å². The van der Waals surface area contributed by atoms with Gasteiger partial charge < -0.3 is 10.1 Å². The van der Waals surface area contributed by atoms with E-state index in [1.54, 1.807) is 19.1 Å². The summed E-state index contributed by atoms with van der Waals surface area (Å²) < 4.78 is 5.10. The van der Waals surface area contributed by atoms with Crippen LogP contribution in [0.4, 0.5) is 5.69 Å². The Morgan fingerprint density at radius 3 is 2.74 bits per heavy atom. The normalized spacial score (nSPS) is 16.5. The van der Waals surface area contributed by atoms with Gasteiger partial charge in [0, 0.05) is 18.0 Å². The molecule has 1 aromatic rings. The first-order valence-electron chi connectivity index (χ1n) is 6.03. The van der Waals surface area contributed by atoms with Crippen molar-refractivity contribution in [3.63, 3.8) is 0 Å². The van der Waals surface area contributed by atoms with Gasteiger partial charge in [0.05, 0.1) is 18.1 Å². The van der Waals surface area contributed by atoms with E-state index >= 15 is 0 Å². The fourth-order valence-electron chi connectivity index (χ4n) is 2.03. The van der Waals surface area contributed by atoms with Crippen LogP contribution >= 0.6 is 0 Å². The lowest BCUT2D eigenvalue weighted by atomic mass is 9.88. The van der Waals surface area contributed by atoms with E-state index in [-0.39, 0.29) is 16.7 Å². The Balaban J connectivity index is 2.16. The number of nitrogens with one attached hydrogen (secondary N) is 1. The van der Waals surface area contributed by atoms with E-state index in [0.29, 0.717) is 25.3 Å². The average Bonchev–Trinajstić information content (AvgIpc) is 2.33. The minimum atomic E-state index is -0.532. The second-order valence-corrected chi connectivity index (χ2v) is 5.21. The zero-order valence-electron chi connectivity index (χ0n) is 10.9. The summed E-state index contributed by atoms with van der Waals surface area (Å²) in [6, 6.07) is 4.61. The molecule has 6 nitrogen and oxygen atoms in total. The molecule has 6 heteroatoms. The van der Waals surface area contributed by atoms with Gasteiger partial charge in [-0.05, 0) is 12.5 Å². The second-order valence-electron chi connectivity index (χ2n) is 5.21. The molecule has 1 heterocycles. The molecule has 1 aliphatic heterocycles. The molecule has 1 saturated heterocycles. The van der Waals surface area contributed by atoms with Crippen LogP contribution in [0.15, 0.2) is 18.2 Å². The predicted octanol–water partition coefficient (Wildman–Crippen LogP) is 1.67. The van der Waals surface area contributed by atoms with E-state index in [1.807, 2.05) is 6.92 Å². The number of nitro groups is 1. The predicted molar refractivity (Wildman–Crippen MR) is 69.1 cm³/mol. The van der Waals surface area contributed by atoms with E-state index in [9.17, 15) is 14.9 Å². The number of benzene rings is 1. The van der Waals surface area contributed by atoms with Gasteiger partial charge in [0.25, 0.3) is 11.6 Å². The fraction of sp³-hybridized carbons (Fsp3) is 0.462. The van der Waals surface area contributed by atoms with Crippen LogP contribution in [-0.4, -0.2) is 30.6 Å². The number of nitrogens with zero attached hydrogens (tertiary/aromatic N) is 1. The molecule has 0 radical (unpaired) electrons. The molecule has 1 fully saturated rings. The highest BCUT2D eigenvalue weighted by Gasteiger charge is 2.34. The standard InChI is InChI=1S/C13H16N2O4/c1-9-4-3-5-10(15(17)18)11(9)12(16)14-6-13(2)7-19-8-13/h3-5H,6-8H2,1-2H3,(H,14,16). The molecule has 0 aliphatic carbocycles. The van der Waals surface area contributed by atoms with Gasteiger partial charge in [-0.15, -0.1) is 0 Å². The summed E-state index contributed by atoms with van der Waals surface area (Å²) in [5, 5.41) is 13.7. The summed E-state index contributed by atoms with van der Waals surface area (Å²) in [7, 11) is 0. The Kier molecular flexibility index (Phi) is 3.53. The van der Waals surface area contributed by atoms with Crippen molar-refractivity contribution in [2.75, 3.05) is 19.8 Å². The van der Waals surface area contributed by atoms with Crippen LogP contribution in [0.25, 0.3) is 0 Å². The molecule has 1 aromatic carbocycles. The molecule has 1 amide bonds. The molecule has 1 aliphatic rings. The van der Waals surface area contributed by atoms with Gasteiger partial charge in [-0.2, -0.15) is 0 Å². The summed E-state index contributed by atoms with van der Waals surface area (Å²) in [5.41, 5.74) is 0.512. The lowest BCUT2D eigenvalue weighted by Crippen LogP contribution is -2.48. The lowest BCUT2D eigenvalue weighted by molar-refractivity contribution is -0.385. The molecule has 0 aromatic heterocycles. The number of hydrogen-bond acceptors (Lipinski definition) is 4. The van der Waals surface area contributed by atoms with Gasteiger partial charge in [0.2, 0.25) is 0 Å². The summed E-state index contributed by atoms with van der Waals surface area (Å²) in [5.74, 6) is -0.405. The van der Waals surface area contributed by atoms with Crippen molar-refractivity contribution in [2.45, 2.75) is 13.8 Å². The third kappa shape index (κ3) is 2.73. The highest BCUT2D eigenvalue weighted by molar-refractivity contribution is 5.99. The topological polar surface area (TPSA) is 81.5 Å². The SMILES string of the molecule is Cc1cccc([N+](=O)[O-])c1C(=O)NCC1(C)COC1. The molecule has 19 heavy (non-hydrogen) atoms. The molecule has 2 rings (SSSR count). The zero-order chi connectivity index (χ0) is 14.0. The van der Waals surface area contributed by atoms with Gasteiger partial charge in [-0.3, -0.25) is 14.9 Å². The molecule has 0 saturated carbocycles. The van der Waals surface area contributed by atoms with Crippen LogP contribution < -0.4 is 5.32 Å². The number of nitro benzene ring substituents is 1. The summed E-state index contributed by atoms with van der Waals surface area (Å²) in [6.45, 7) is 5.35. The smallest absolute Gasteiger partial charge is 0.282 e. The molecule has 0 unspecified atom stereocenters. The fourth-order valence-corrected chi connectivity index (χ4v) is 2.03. The van der Waals surface area contributed by atoms with Gasteiger partial charge in [-0.1, -0.05) is 19.1 Å². The minimum Gasteiger partial charge on any atom is -0.380 e.